The van der Waals surface area contributed by atoms with Crippen LogP contribution in [0.2, 0.25) is 0 Å². The highest BCUT2D eigenvalue weighted by molar-refractivity contribution is 7.80. The average Bonchev–Trinajstić information content (AvgIpc) is 3.51. The maximum absolute atomic E-state index is 13.0. The highest BCUT2D eigenvalue weighted by Crippen LogP contribution is 2.36. The number of amides is 1. The Balaban J connectivity index is 1.25. The first kappa shape index (κ1) is 32.9. The van der Waals surface area contributed by atoms with E-state index < -0.39 is 17.9 Å². The van der Waals surface area contributed by atoms with Crippen LogP contribution in [0.3, 0.4) is 0 Å². The van der Waals surface area contributed by atoms with Gasteiger partial charge in [0.25, 0.3) is 5.91 Å². The van der Waals surface area contributed by atoms with Crippen LogP contribution in [-0.2, 0) is 14.3 Å². The summed E-state index contributed by atoms with van der Waals surface area (Å²) in [5.74, 6) is -0.512. The van der Waals surface area contributed by atoms with Gasteiger partial charge in [0.2, 0.25) is 0 Å². The van der Waals surface area contributed by atoms with Crippen molar-refractivity contribution in [3.63, 3.8) is 0 Å². The molecule has 2 heterocycles. The molecule has 6 rings (SSSR count). The number of nitrogens with one attached hydrogen (secondary N) is 3. The molecule has 0 unspecified atom stereocenters. The smallest absolute Gasteiger partial charge is 0.338 e. The highest BCUT2D eigenvalue weighted by atomic mass is 32.1. The molecule has 1 atom stereocenters. The number of thiocarbonyl (C=S) groups is 1. The van der Waals surface area contributed by atoms with Gasteiger partial charge in [-0.2, -0.15) is 5.10 Å². The second-order valence-corrected chi connectivity index (χ2v) is 11.6. The maximum Gasteiger partial charge on any atom is 0.338 e. The van der Waals surface area contributed by atoms with Crippen molar-refractivity contribution in [1.29, 1.82) is 0 Å². The van der Waals surface area contributed by atoms with E-state index in [1.807, 2.05) is 66.7 Å². The molecule has 246 valence electrons. The monoisotopic (exact) mass is 669 g/mol. The molecule has 4 aromatic carbocycles. The minimum Gasteiger partial charge on any atom is -0.483 e. The largest absolute Gasteiger partial charge is 0.483 e. The Hall–Kier alpha value is -6.00. The molecule has 0 spiro atoms. The van der Waals surface area contributed by atoms with Crippen LogP contribution in [0.4, 0.5) is 0 Å². The number of ether oxygens (including phenoxy) is 2. The van der Waals surface area contributed by atoms with Gasteiger partial charge in [0, 0.05) is 22.5 Å². The van der Waals surface area contributed by atoms with Gasteiger partial charge in [-0.25, -0.2) is 10.2 Å². The Labute approximate surface area is 290 Å². The summed E-state index contributed by atoms with van der Waals surface area (Å²) in [6, 6.07) is 39.0. The molecule has 1 aliphatic rings. The lowest BCUT2D eigenvalue weighted by atomic mass is 9.95. The number of allylic oxidation sites excluding steroid dienone is 1. The van der Waals surface area contributed by atoms with E-state index in [0.717, 1.165) is 33.8 Å². The summed E-state index contributed by atoms with van der Waals surface area (Å²) in [4.78, 5) is 25.9. The summed E-state index contributed by atoms with van der Waals surface area (Å²) >= 11 is 5.38. The molecule has 9 nitrogen and oxygen atoms in total. The van der Waals surface area contributed by atoms with Crippen molar-refractivity contribution in [3.05, 3.63) is 144 Å². The van der Waals surface area contributed by atoms with Gasteiger partial charge in [-0.3, -0.25) is 4.79 Å². The number of hydrogen-bond acceptors (Lipinski definition) is 6. The van der Waals surface area contributed by atoms with E-state index in [1.165, 1.54) is 0 Å². The Bertz CT molecular complexity index is 2020. The fourth-order valence-corrected chi connectivity index (χ4v) is 6.06. The zero-order valence-electron chi connectivity index (χ0n) is 27.1. The standard InChI is InChI=1S/C39H35N5O4S/c1-3-47-38(46)35-26(2)41-39(49)42-36(35)31-21-13-14-22-33(31)48-25-34(45)43-40-24-29-23-32(27-15-7-4-8-16-27)44(30-19-11-6-12-20-30)37(29)28-17-9-5-10-18-28/h4-24,36H,3,25H2,1-2H3,(H,43,45)(H2,41,42,49)/t36-/m1/s1. The summed E-state index contributed by atoms with van der Waals surface area (Å²) < 4.78 is 13.5. The van der Waals surface area contributed by atoms with Crippen LogP contribution in [0.25, 0.3) is 28.2 Å². The van der Waals surface area contributed by atoms with Crippen LogP contribution in [0.15, 0.2) is 138 Å². The van der Waals surface area contributed by atoms with E-state index in [4.69, 9.17) is 21.7 Å². The fourth-order valence-electron chi connectivity index (χ4n) is 5.79. The van der Waals surface area contributed by atoms with Crippen LogP contribution in [0.5, 0.6) is 5.75 Å². The number of benzene rings is 4. The molecule has 0 fully saturated rings. The summed E-state index contributed by atoms with van der Waals surface area (Å²) in [6.45, 7) is 3.43. The van der Waals surface area contributed by atoms with Crippen molar-refractivity contribution in [2.75, 3.05) is 13.2 Å². The zero-order valence-corrected chi connectivity index (χ0v) is 27.9. The first-order valence-electron chi connectivity index (χ1n) is 15.9. The third-order valence-electron chi connectivity index (χ3n) is 7.91. The van der Waals surface area contributed by atoms with Gasteiger partial charge in [-0.15, -0.1) is 0 Å². The van der Waals surface area contributed by atoms with E-state index >= 15 is 0 Å². The van der Waals surface area contributed by atoms with E-state index in [9.17, 15) is 9.59 Å². The number of carbonyl (C=O) groups is 2. The molecule has 1 amide bonds. The molecule has 0 bridgehead atoms. The molecular weight excluding hydrogens is 635 g/mol. The highest BCUT2D eigenvalue weighted by Gasteiger charge is 2.32. The predicted octanol–water partition coefficient (Wildman–Crippen LogP) is 6.70. The molecule has 0 saturated carbocycles. The Morgan fingerprint density at radius 3 is 2.22 bits per heavy atom. The van der Waals surface area contributed by atoms with Gasteiger partial charge in [0.15, 0.2) is 11.7 Å². The van der Waals surface area contributed by atoms with E-state index in [0.29, 0.717) is 27.7 Å². The van der Waals surface area contributed by atoms with Gasteiger partial charge in [-0.05, 0) is 61.5 Å². The molecule has 0 radical (unpaired) electrons. The number of rotatable bonds is 11. The molecule has 1 aliphatic heterocycles. The topological polar surface area (TPSA) is 106 Å². The number of hydrazone groups is 1. The molecule has 49 heavy (non-hydrogen) atoms. The summed E-state index contributed by atoms with van der Waals surface area (Å²) in [5.41, 5.74) is 9.98. The lowest BCUT2D eigenvalue weighted by molar-refractivity contribution is -0.139. The SMILES string of the molecule is CCOC(=O)C1=C(C)NC(=S)N[C@@H]1c1ccccc1OCC(=O)NN=Cc1cc(-c2ccccc2)n(-c2ccccc2)c1-c1ccccc1. The maximum atomic E-state index is 13.0. The van der Waals surface area contributed by atoms with E-state index in [2.05, 4.69) is 68.2 Å². The Morgan fingerprint density at radius 1 is 0.898 bits per heavy atom. The fraction of sp³-hybridized carbons (Fsp3) is 0.128. The first-order chi connectivity index (χ1) is 23.9. The lowest BCUT2D eigenvalue weighted by Crippen LogP contribution is -2.45. The average molecular weight is 670 g/mol. The minimum atomic E-state index is -0.631. The summed E-state index contributed by atoms with van der Waals surface area (Å²) in [5, 5.41) is 10.8. The third-order valence-corrected chi connectivity index (χ3v) is 8.13. The van der Waals surface area contributed by atoms with Crippen LogP contribution < -0.4 is 20.8 Å². The Morgan fingerprint density at radius 2 is 1.53 bits per heavy atom. The van der Waals surface area contributed by atoms with Crippen LogP contribution in [0.1, 0.15) is 31.0 Å². The normalized spacial score (nSPS) is 14.2. The van der Waals surface area contributed by atoms with Crippen molar-refractivity contribution in [1.82, 2.24) is 20.6 Å². The van der Waals surface area contributed by atoms with Crippen LogP contribution >= 0.6 is 12.2 Å². The number of hydrogen-bond donors (Lipinski definition) is 3. The number of aromatic nitrogens is 1. The van der Waals surface area contributed by atoms with Gasteiger partial charge < -0.3 is 24.7 Å². The summed E-state index contributed by atoms with van der Waals surface area (Å²) in [6.07, 6.45) is 1.65. The van der Waals surface area contributed by atoms with Crippen molar-refractivity contribution < 1.29 is 19.1 Å². The molecule has 10 heteroatoms. The van der Waals surface area contributed by atoms with Crippen molar-refractivity contribution in [3.8, 4) is 34.0 Å². The van der Waals surface area contributed by atoms with Crippen LogP contribution in [-0.4, -0.2) is 41.0 Å². The first-order valence-corrected chi connectivity index (χ1v) is 16.3. The molecular formula is C39H35N5O4S. The lowest BCUT2D eigenvalue weighted by Gasteiger charge is -2.30. The molecule has 0 aliphatic carbocycles. The van der Waals surface area contributed by atoms with Gasteiger partial charge >= 0.3 is 5.97 Å². The molecule has 3 N–H and O–H groups in total. The summed E-state index contributed by atoms with van der Waals surface area (Å²) in [7, 11) is 0. The minimum absolute atomic E-state index is 0.225. The van der Waals surface area contributed by atoms with E-state index in [1.54, 1.807) is 32.2 Å². The van der Waals surface area contributed by atoms with Gasteiger partial charge in [0.1, 0.15) is 5.75 Å². The van der Waals surface area contributed by atoms with Gasteiger partial charge in [0.05, 0.1) is 35.8 Å². The number of nitrogens with zero attached hydrogens (tertiary/aromatic N) is 2. The Kier molecular flexibility index (Phi) is 10.3. The third kappa shape index (κ3) is 7.45. The van der Waals surface area contributed by atoms with Crippen molar-refractivity contribution in [2.45, 2.75) is 19.9 Å². The molecule has 1 aromatic heterocycles. The van der Waals surface area contributed by atoms with Crippen molar-refractivity contribution in [2.24, 2.45) is 5.10 Å². The van der Waals surface area contributed by atoms with Crippen molar-refractivity contribution >= 4 is 35.4 Å². The quantitative estimate of drug-likeness (QED) is 0.0623. The van der Waals surface area contributed by atoms with Crippen LogP contribution in [0, 0.1) is 0 Å². The zero-order chi connectivity index (χ0) is 34.2. The predicted molar refractivity (Wildman–Crippen MR) is 195 cm³/mol. The molecule has 5 aromatic rings. The second-order valence-electron chi connectivity index (χ2n) is 11.1. The number of carbonyl (C=O) groups excluding carboxylic acids is 2. The second kappa shape index (κ2) is 15.3. The molecule has 0 saturated heterocycles. The van der Waals surface area contributed by atoms with E-state index in [-0.39, 0.29) is 13.2 Å². The number of para-hydroxylation sites is 2. The number of esters is 1. The van der Waals surface area contributed by atoms with Gasteiger partial charge in [-0.1, -0.05) is 97.1 Å².